The molecule has 0 nitrogen and oxygen atoms in total. The molecule has 1 unspecified atom stereocenters. The Morgan fingerprint density at radius 3 is 1.90 bits per heavy atom. The minimum atomic E-state index is 0.941. The molecule has 0 N–H and O–H groups in total. The van der Waals surface area contributed by atoms with Gasteiger partial charge in [-0.2, -0.15) is 0 Å². The van der Waals surface area contributed by atoms with E-state index < -0.39 is 0 Å². The second kappa shape index (κ2) is 6.67. The Labute approximate surface area is 126 Å². The lowest BCUT2D eigenvalue weighted by molar-refractivity contribution is 0.133. The molecule has 0 radical (unpaired) electrons. The topological polar surface area (TPSA) is 0 Å². The van der Waals surface area contributed by atoms with E-state index in [1.807, 2.05) is 0 Å². The van der Waals surface area contributed by atoms with Crippen LogP contribution >= 0.6 is 0 Å². The molecule has 0 saturated heterocycles. The maximum atomic E-state index is 2.64. The fourth-order valence-electron chi connectivity index (χ4n) is 5.32. The van der Waals surface area contributed by atoms with Crippen molar-refractivity contribution in [1.82, 2.24) is 0 Å². The van der Waals surface area contributed by atoms with Gasteiger partial charge in [0.1, 0.15) is 0 Å². The van der Waals surface area contributed by atoms with Crippen molar-refractivity contribution >= 4 is 0 Å². The Morgan fingerprint density at radius 1 is 0.750 bits per heavy atom. The van der Waals surface area contributed by atoms with Crippen LogP contribution in [0.3, 0.4) is 0 Å². The summed E-state index contributed by atoms with van der Waals surface area (Å²) in [6, 6.07) is 0. The van der Waals surface area contributed by atoms with Crippen molar-refractivity contribution in [2.75, 3.05) is 0 Å². The maximum Gasteiger partial charge on any atom is -0.0202 e. The van der Waals surface area contributed by atoms with Crippen molar-refractivity contribution < 1.29 is 0 Å². The molecule has 2 saturated carbocycles. The first-order valence-electron chi connectivity index (χ1n) is 9.39. The van der Waals surface area contributed by atoms with Crippen LogP contribution in [0.15, 0.2) is 11.6 Å². The van der Waals surface area contributed by atoms with E-state index in [1.165, 1.54) is 44.9 Å². The molecule has 0 heterocycles. The first kappa shape index (κ1) is 14.7. The SMILES string of the molecule is CC1=CC(C2CCC(C3CCC(C)CC3)CC2)CCC1. The highest BCUT2D eigenvalue weighted by atomic mass is 14.4. The van der Waals surface area contributed by atoms with Crippen molar-refractivity contribution in [2.24, 2.45) is 29.6 Å². The zero-order chi connectivity index (χ0) is 13.9. The zero-order valence-electron chi connectivity index (χ0n) is 13.7. The summed E-state index contributed by atoms with van der Waals surface area (Å²) in [4.78, 5) is 0. The molecule has 0 amide bonds. The fraction of sp³-hybridized carbons (Fsp3) is 0.900. The first-order chi connectivity index (χ1) is 9.72. The van der Waals surface area contributed by atoms with Gasteiger partial charge in [0.15, 0.2) is 0 Å². The van der Waals surface area contributed by atoms with Gasteiger partial charge in [-0.15, -0.1) is 0 Å². The molecule has 3 rings (SSSR count). The van der Waals surface area contributed by atoms with Crippen molar-refractivity contribution in [3.05, 3.63) is 11.6 Å². The molecule has 114 valence electrons. The van der Waals surface area contributed by atoms with Gasteiger partial charge < -0.3 is 0 Å². The molecule has 0 spiro atoms. The molecule has 3 aliphatic rings. The van der Waals surface area contributed by atoms with Gasteiger partial charge in [0, 0.05) is 0 Å². The molecule has 0 aromatic heterocycles. The molecule has 0 aromatic rings. The van der Waals surface area contributed by atoms with E-state index in [1.54, 1.807) is 31.3 Å². The first-order valence-corrected chi connectivity index (χ1v) is 9.39. The van der Waals surface area contributed by atoms with Gasteiger partial charge in [0.2, 0.25) is 0 Å². The molecule has 0 heteroatoms. The van der Waals surface area contributed by atoms with E-state index in [9.17, 15) is 0 Å². The monoisotopic (exact) mass is 274 g/mol. The van der Waals surface area contributed by atoms with Crippen LogP contribution in [0.1, 0.15) is 84.5 Å². The Morgan fingerprint density at radius 2 is 1.30 bits per heavy atom. The van der Waals surface area contributed by atoms with Crippen molar-refractivity contribution in [1.29, 1.82) is 0 Å². The van der Waals surface area contributed by atoms with E-state index in [2.05, 4.69) is 19.9 Å². The molecular formula is C20H34. The van der Waals surface area contributed by atoms with Crippen molar-refractivity contribution in [2.45, 2.75) is 84.5 Å². The molecule has 0 bridgehead atoms. The van der Waals surface area contributed by atoms with Gasteiger partial charge in [-0.1, -0.05) is 31.4 Å². The molecule has 2 fully saturated rings. The fourth-order valence-corrected chi connectivity index (χ4v) is 5.32. The number of rotatable bonds is 2. The maximum absolute atomic E-state index is 2.64. The zero-order valence-corrected chi connectivity index (χ0v) is 13.7. The summed E-state index contributed by atoms with van der Waals surface area (Å²) in [5.74, 6) is 5.17. The van der Waals surface area contributed by atoms with Crippen LogP contribution in [0, 0.1) is 29.6 Å². The lowest BCUT2D eigenvalue weighted by atomic mass is 9.66. The third kappa shape index (κ3) is 3.49. The molecule has 0 aromatic carbocycles. The Hall–Kier alpha value is -0.260. The van der Waals surface area contributed by atoms with E-state index in [4.69, 9.17) is 0 Å². The summed E-state index contributed by atoms with van der Waals surface area (Å²) in [5, 5.41) is 0. The Kier molecular flexibility index (Phi) is 4.89. The van der Waals surface area contributed by atoms with Gasteiger partial charge in [-0.3, -0.25) is 0 Å². The van der Waals surface area contributed by atoms with Crippen molar-refractivity contribution in [3.63, 3.8) is 0 Å². The number of allylic oxidation sites excluding steroid dienone is 2. The molecule has 3 aliphatic carbocycles. The van der Waals surface area contributed by atoms with Gasteiger partial charge in [-0.25, -0.2) is 0 Å². The van der Waals surface area contributed by atoms with E-state index in [0.717, 1.165) is 29.6 Å². The highest BCUT2D eigenvalue weighted by Gasteiger charge is 2.32. The standard InChI is InChI=1S/C20H34/c1-15-6-8-17(9-7-15)18-10-12-19(13-11-18)20-5-3-4-16(2)14-20/h14-15,17-20H,3-13H2,1-2H3. The largest absolute Gasteiger partial charge is 0.0822 e. The highest BCUT2D eigenvalue weighted by Crippen LogP contribution is 2.44. The van der Waals surface area contributed by atoms with E-state index in [0.29, 0.717) is 0 Å². The third-order valence-electron chi connectivity index (χ3n) is 6.76. The predicted octanol–water partition coefficient (Wildman–Crippen LogP) is 6.37. The van der Waals surface area contributed by atoms with Crippen LogP contribution < -0.4 is 0 Å². The van der Waals surface area contributed by atoms with Gasteiger partial charge in [0.05, 0.1) is 0 Å². The molecular weight excluding hydrogens is 240 g/mol. The average molecular weight is 274 g/mol. The van der Waals surface area contributed by atoms with Crippen LogP contribution in [0.5, 0.6) is 0 Å². The quantitative estimate of drug-likeness (QED) is 0.513. The molecule has 0 aliphatic heterocycles. The van der Waals surface area contributed by atoms with Crippen LogP contribution in [0.25, 0.3) is 0 Å². The van der Waals surface area contributed by atoms with Crippen LogP contribution in [0.2, 0.25) is 0 Å². The lowest BCUT2D eigenvalue weighted by Gasteiger charge is -2.39. The highest BCUT2D eigenvalue weighted by molar-refractivity contribution is 5.06. The molecule has 20 heavy (non-hydrogen) atoms. The third-order valence-corrected chi connectivity index (χ3v) is 6.76. The number of hydrogen-bond acceptors (Lipinski definition) is 0. The van der Waals surface area contributed by atoms with E-state index >= 15 is 0 Å². The Balaban J connectivity index is 1.48. The summed E-state index contributed by atoms with van der Waals surface area (Å²) < 4.78 is 0. The van der Waals surface area contributed by atoms with Gasteiger partial charge in [0.25, 0.3) is 0 Å². The van der Waals surface area contributed by atoms with Crippen LogP contribution in [-0.4, -0.2) is 0 Å². The normalized spacial score (nSPS) is 43.1. The Bertz CT molecular complexity index is 324. The van der Waals surface area contributed by atoms with E-state index in [-0.39, 0.29) is 0 Å². The van der Waals surface area contributed by atoms with Crippen LogP contribution in [-0.2, 0) is 0 Å². The predicted molar refractivity (Wildman–Crippen MR) is 87.7 cm³/mol. The second-order valence-electron chi connectivity index (χ2n) is 8.26. The van der Waals surface area contributed by atoms with Crippen molar-refractivity contribution in [3.8, 4) is 0 Å². The summed E-state index contributed by atoms with van der Waals surface area (Å²) in [6.45, 7) is 4.80. The minimum Gasteiger partial charge on any atom is -0.0822 e. The summed E-state index contributed by atoms with van der Waals surface area (Å²) in [7, 11) is 0. The molecule has 1 atom stereocenters. The lowest BCUT2D eigenvalue weighted by Crippen LogP contribution is -2.28. The van der Waals surface area contributed by atoms with Gasteiger partial charge in [-0.05, 0) is 94.3 Å². The number of hydrogen-bond donors (Lipinski definition) is 0. The second-order valence-corrected chi connectivity index (χ2v) is 8.26. The average Bonchev–Trinajstić information content (AvgIpc) is 2.48. The summed E-state index contributed by atoms with van der Waals surface area (Å²) >= 11 is 0. The minimum absolute atomic E-state index is 0.941. The summed E-state index contributed by atoms with van der Waals surface area (Å²) in [6.07, 6.45) is 19.2. The summed E-state index contributed by atoms with van der Waals surface area (Å²) in [5.41, 5.74) is 1.67. The van der Waals surface area contributed by atoms with Gasteiger partial charge >= 0.3 is 0 Å². The van der Waals surface area contributed by atoms with Crippen LogP contribution in [0.4, 0.5) is 0 Å². The smallest absolute Gasteiger partial charge is 0.0202 e.